The van der Waals surface area contributed by atoms with Crippen molar-refractivity contribution in [2.24, 2.45) is 0 Å². The third-order valence-electron chi connectivity index (χ3n) is 4.45. The zero-order valence-corrected chi connectivity index (χ0v) is 16.9. The first-order valence-corrected chi connectivity index (χ1v) is 10.0. The van der Waals surface area contributed by atoms with Crippen LogP contribution in [0.3, 0.4) is 0 Å². The standard InChI is InChI=1S/C20H19N7OS/c1-13-9-16(20(28)24-18-10-14(2)25-26(18)7-4-6-21)17-11-22-27(19(17)23-13)12-15-5-3-8-29-15/h3,5,8-11H,4,7,12H2,1-2H3,(H,24,28). The van der Waals surface area contributed by atoms with Gasteiger partial charge in [0, 0.05) is 16.6 Å². The van der Waals surface area contributed by atoms with E-state index in [-0.39, 0.29) is 5.91 Å². The van der Waals surface area contributed by atoms with Gasteiger partial charge in [0.2, 0.25) is 0 Å². The van der Waals surface area contributed by atoms with Crippen LogP contribution >= 0.6 is 11.3 Å². The number of hydrogen-bond donors (Lipinski definition) is 1. The fraction of sp³-hybridized carbons (Fsp3) is 0.250. The number of thiophene rings is 1. The molecule has 0 radical (unpaired) electrons. The average molecular weight is 405 g/mol. The average Bonchev–Trinajstić information content (AvgIpc) is 3.41. The van der Waals surface area contributed by atoms with Crippen molar-refractivity contribution < 1.29 is 4.79 Å². The highest BCUT2D eigenvalue weighted by molar-refractivity contribution is 7.09. The predicted octanol–water partition coefficient (Wildman–Crippen LogP) is 3.52. The normalized spacial score (nSPS) is 10.9. The molecule has 0 spiro atoms. The van der Waals surface area contributed by atoms with Crippen molar-refractivity contribution in [2.75, 3.05) is 5.32 Å². The van der Waals surface area contributed by atoms with Gasteiger partial charge in [-0.05, 0) is 31.4 Å². The number of carbonyl (C=O) groups excluding carboxylic acids is 1. The first-order valence-electron chi connectivity index (χ1n) is 9.13. The Morgan fingerprint density at radius 1 is 1.28 bits per heavy atom. The van der Waals surface area contributed by atoms with E-state index >= 15 is 0 Å². The highest BCUT2D eigenvalue weighted by atomic mass is 32.1. The van der Waals surface area contributed by atoms with Gasteiger partial charge in [-0.1, -0.05) is 6.07 Å². The number of hydrogen-bond acceptors (Lipinski definition) is 6. The van der Waals surface area contributed by atoms with Crippen LogP contribution in [0.4, 0.5) is 5.82 Å². The third kappa shape index (κ3) is 3.88. The van der Waals surface area contributed by atoms with Crippen LogP contribution in [0.15, 0.2) is 35.8 Å². The summed E-state index contributed by atoms with van der Waals surface area (Å²) >= 11 is 1.66. The molecule has 4 aromatic heterocycles. The van der Waals surface area contributed by atoms with Crippen LogP contribution in [0.5, 0.6) is 0 Å². The van der Waals surface area contributed by atoms with Gasteiger partial charge in [-0.3, -0.25) is 4.79 Å². The topological polar surface area (TPSA) is 101 Å². The van der Waals surface area contributed by atoms with Gasteiger partial charge in [-0.15, -0.1) is 11.3 Å². The Morgan fingerprint density at radius 2 is 2.14 bits per heavy atom. The lowest BCUT2D eigenvalue weighted by molar-refractivity contribution is 0.102. The number of nitriles is 1. The quantitative estimate of drug-likeness (QED) is 0.529. The minimum atomic E-state index is -0.255. The first-order chi connectivity index (χ1) is 14.0. The molecule has 9 heteroatoms. The molecule has 146 valence electrons. The van der Waals surface area contributed by atoms with E-state index in [1.165, 1.54) is 4.88 Å². The Morgan fingerprint density at radius 3 is 2.90 bits per heavy atom. The lowest BCUT2D eigenvalue weighted by atomic mass is 10.1. The maximum Gasteiger partial charge on any atom is 0.257 e. The van der Waals surface area contributed by atoms with E-state index in [9.17, 15) is 4.79 Å². The summed E-state index contributed by atoms with van der Waals surface area (Å²) < 4.78 is 3.45. The predicted molar refractivity (Wildman–Crippen MR) is 111 cm³/mol. The van der Waals surface area contributed by atoms with Gasteiger partial charge in [-0.2, -0.15) is 15.5 Å². The third-order valence-corrected chi connectivity index (χ3v) is 5.31. The van der Waals surface area contributed by atoms with Gasteiger partial charge in [0.1, 0.15) is 5.82 Å². The number of pyridine rings is 1. The Balaban J connectivity index is 1.66. The molecule has 0 saturated heterocycles. The number of aryl methyl sites for hydroxylation is 3. The SMILES string of the molecule is Cc1cc(C(=O)Nc2cc(C)nn2CCC#N)c2cnn(Cc3cccs3)c2n1. The van der Waals surface area contributed by atoms with Gasteiger partial charge in [0.15, 0.2) is 5.65 Å². The van der Waals surface area contributed by atoms with E-state index in [1.807, 2.05) is 36.0 Å². The molecule has 0 aromatic carbocycles. The van der Waals surface area contributed by atoms with Crippen molar-refractivity contribution in [3.8, 4) is 6.07 Å². The first kappa shape index (κ1) is 18.8. The zero-order chi connectivity index (χ0) is 20.4. The number of aromatic nitrogens is 5. The fourth-order valence-electron chi connectivity index (χ4n) is 3.18. The van der Waals surface area contributed by atoms with Gasteiger partial charge >= 0.3 is 0 Å². The minimum Gasteiger partial charge on any atom is -0.307 e. The van der Waals surface area contributed by atoms with Crippen LogP contribution in [0.25, 0.3) is 11.0 Å². The summed E-state index contributed by atoms with van der Waals surface area (Å²) in [4.78, 5) is 18.8. The summed E-state index contributed by atoms with van der Waals surface area (Å²) in [6.07, 6.45) is 2.00. The van der Waals surface area contributed by atoms with Gasteiger partial charge in [-0.25, -0.2) is 14.3 Å². The molecule has 4 rings (SSSR count). The molecule has 0 aliphatic rings. The van der Waals surface area contributed by atoms with E-state index in [1.54, 1.807) is 34.3 Å². The number of nitrogens with one attached hydrogen (secondary N) is 1. The number of carbonyl (C=O) groups is 1. The Bertz CT molecular complexity index is 1210. The maximum atomic E-state index is 13.1. The van der Waals surface area contributed by atoms with Gasteiger partial charge in [0.05, 0.1) is 48.4 Å². The summed E-state index contributed by atoms with van der Waals surface area (Å²) in [6, 6.07) is 9.70. The van der Waals surface area contributed by atoms with Crippen molar-refractivity contribution in [2.45, 2.75) is 33.4 Å². The molecule has 0 atom stereocenters. The molecule has 29 heavy (non-hydrogen) atoms. The summed E-state index contributed by atoms with van der Waals surface area (Å²) in [6.45, 7) is 4.74. The second-order valence-electron chi connectivity index (χ2n) is 6.69. The molecular formula is C20H19N7OS. The number of anilines is 1. The van der Waals surface area contributed by atoms with Crippen LogP contribution in [0.1, 0.15) is 33.0 Å². The molecule has 0 fully saturated rings. The summed E-state index contributed by atoms with van der Waals surface area (Å²) in [5.41, 5.74) is 2.70. The van der Waals surface area contributed by atoms with Crippen molar-refractivity contribution in [1.29, 1.82) is 5.26 Å². The summed E-state index contributed by atoms with van der Waals surface area (Å²) in [5, 5.41) is 23.3. The highest BCUT2D eigenvalue weighted by Gasteiger charge is 2.18. The second-order valence-corrected chi connectivity index (χ2v) is 7.72. The Hall–Kier alpha value is -3.51. The molecule has 4 heterocycles. The van der Waals surface area contributed by atoms with Crippen LogP contribution in [0.2, 0.25) is 0 Å². The summed E-state index contributed by atoms with van der Waals surface area (Å²) in [7, 11) is 0. The number of amides is 1. The zero-order valence-electron chi connectivity index (χ0n) is 16.1. The largest absolute Gasteiger partial charge is 0.307 e. The van der Waals surface area contributed by atoms with Crippen molar-refractivity contribution in [3.05, 3.63) is 57.7 Å². The molecule has 0 unspecified atom stereocenters. The molecule has 1 amide bonds. The number of fused-ring (bicyclic) bond motifs is 1. The number of nitrogens with zero attached hydrogens (tertiary/aromatic N) is 6. The molecule has 0 saturated carbocycles. The van der Waals surface area contributed by atoms with Crippen LogP contribution in [-0.4, -0.2) is 30.5 Å². The van der Waals surface area contributed by atoms with E-state index < -0.39 is 0 Å². The molecule has 0 aliphatic heterocycles. The van der Waals surface area contributed by atoms with Crippen molar-refractivity contribution >= 4 is 34.1 Å². The van der Waals surface area contributed by atoms with Crippen LogP contribution < -0.4 is 5.32 Å². The molecule has 8 nitrogen and oxygen atoms in total. The Labute approximate surface area is 171 Å². The lowest BCUT2D eigenvalue weighted by Gasteiger charge is -2.09. The fourth-order valence-corrected chi connectivity index (χ4v) is 3.87. The molecule has 0 aliphatic carbocycles. The molecule has 4 aromatic rings. The lowest BCUT2D eigenvalue weighted by Crippen LogP contribution is -2.16. The van der Waals surface area contributed by atoms with Gasteiger partial charge in [0.25, 0.3) is 5.91 Å². The summed E-state index contributed by atoms with van der Waals surface area (Å²) in [5.74, 6) is 0.311. The Kier molecular flexibility index (Phi) is 5.10. The van der Waals surface area contributed by atoms with Crippen LogP contribution in [0, 0.1) is 25.2 Å². The second kappa shape index (κ2) is 7.85. The van der Waals surface area contributed by atoms with Gasteiger partial charge < -0.3 is 5.32 Å². The monoisotopic (exact) mass is 405 g/mol. The smallest absolute Gasteiger partial charge is 0.257 e. The van der Waals surface area contributed by atoms with Crippen molar-refractivity contribution in [1.82, 2.24) is 24.5 Å². The van der Waals surface area contributed by atoms with E-state index in [0.717, 1.165) is 11.4 Å². The molecular weight excluding hydrogens is 386 g/mol. The highest BCUT2D eigenvalue weighted by Crippen LogP contribution is 2.22. The maximum absolute atomic E-state index is 13.1. The minimum absolute atomic E-state index is 0.255. The van der Waals surface area contributed by atoms with Crippen molar-refractivity contribution in [3.63, 3.8) is 0 Å². The number of rotatable bonds is 6. The molecule has 1 N–H and O–H groups in total. The van der Waals surface area contributed by atoms with Crippen LogP contribution in [-0.2, 0) is 13.1 Å². The molecule has 0 bridgehead atoms. The van der Waals surface area contributed by atoms with E-state index in [0.29, 0.717) is 41.9 Å². The van der Waals surface area contributed by atoms with E-state index in [2.05, 4.69) is 26.6 Å². The van der Waals surface area contributed by atoms with E-state index in [4.69, 9.17) is 5.26 Å².